The van der Waals surface area contributed by atoms with Gasteiger partial charge in [-0.25, -0.2) is 0 Å². The summed E-state index contributed by atoms with van der Waals surface area (Å²) in [7, 11) is 0.934. The molecule has 0 N–H and O–H groups in total. The Morgan fingerprint density at radius 3 is 2.57 bits per heavy atom. The molecule has 1 unspecified atom stereocenters. The maximum atomic E-state index is 2.60. The predicted octanol–water partition coefficient (Wildman–Crippen LogP) is 0.820. The van der Waals surface area contributed by atoms with Crippen molar-refractivity contribution in [1.82, 2.24) is 0 Å². The third-order valence-corrected chi connectivity index (χ3v) is 3.48. The van der Waals surface area contributed by atoms with Crippen LogP contribution < -0.4 is 4.08 Å². The second kappa shape index (κ2) is 2.07. The monoisotopic (exact) mass is 172 g/mol. The van der Waals surface area contributed by atoms with Gasteiger partial charge in [-0.15, -0.1) is 0 Å². The van der Waals surface area contributed by atoms with Crippen molar-refractivity contribution in [3.63, 3.8) is 0 Å². The van der Waals surface area contributed by atoms with Crippen LogP contribution in [0.15, 0.2) is 11.9 Å². The van der Waals surface area contributed by atoms with Gasteiger partial charge in [0.05, 0.1) is 0 Å². The molecule has 0 spiro atoms. The Morgan fingerprint density at radius 2 is 2.43 bits per heavy atom. The van der Waals surface area contributed by atoms with Crippen LogP contribution in [-0.4, -0.2) is 16.9 Å². The summed E-state index contributed by atoms with van der Waals surface area (Å²) in [4.78, 5) is 0. The van der Waals surface area contributed by atoms with Crippen LogP contribution in [-0.2, 0) is 0 Å². The number of hydrogen-bond acceptors (Lipinski definition) is 0. The van der Waals surface area contributed by atoms with E-state index < -0.39 is 0 Å². The van der Waals surface area contributed by atoms with Crippen molar-refractivity contribution in [3.05, 3.63) is 17.4 Å². The van der Waals surface area contributed by atoms with E-state index in [1.807, 2.05) is 0 Å². The molecule has 0 aromatic carbocycles. The fourth-order valence-electron chi connectivity index (χ4n) is 0.438. The zero-order valence-electron chi connectivity index (χ0n) is 4.10. The number of rotatable bonds is 0. The molecule has 0 amide bonds. The van der Waals surface area contributed by atoms with Crippen LogP contribution in [0.25, 0.3) is 0 Å². The van der Waals surface area contributed by atoms with Gasteiger partial charge in [0.1, 0.15) is 0 Å². The van der Waals surface area contributed by atoms with Crippen molar-refractivity contribution < 1.29 is 0 Å². The van der Waals surface area contributed by atoms with E-state index in [0.717, 1.165) is 8.19 Å². The number of hydrogen-bond donors (Lipinski definition) is 0. The molecule has 1 aromatic rings. The van der Waals surface area contributed by atoms with Gasteiger partial charge in [-0.1, -0.05) is 0 Å². The first-order valence-electron chi connectivity index (χ1n) is 2.13. The van der Waals surface area contributed by atoms with E-state index in [1.54, 1.807) is 0 Å². The average molecular weight is 172 g/mol. The molecule has 0 nitrogen and oxygen atoms in total. The molecule has 1 atom stereocenters. The van der Waals surface area contributed by atoms with E-state index in [0.29, 0.717) is 0 Å². The molecular weight excluding hydrogens is 166 g/mol. The first-order valence-corrected chi connectivity index (χ1v) is 4.15. The summed E-state index contributed by atoms with van der Waals surface area (Å²) < 4.78 is 1.48. The van der Waals surface area contributed by atoms with E-state index in [1.165, 1.54) is 9.65 Å². The third kappa shape index (κ3) is 1.12. The zero-order chi connectivity index (χ0) is 5.28. The molecule has 0 aliphatic heterocycles. The normalized spacial score (nSPS) is 10.6. The molecule has 1 rings (SSSR count). The van der Waals surface area contributed by atoms with E-state index >= 15 is 0 Å². The van der Waals surface area contributed by atoms with Crippen molar-refractivity contribution in [3.8, 4) is 0 Å². The average Bonchev–Trinajstić information content (AvgIpc) is 1.91. The summed E-state index contributed by atoms with van der Waals surface area (Å²) in [5.41, 5.74) is 1.43. The Bertz CT molecular complexity index is 140. The fourth-order valence-corrected chi connectivity index (χ4v) is 1.87. The van der Waals surface area contributed by atoms with Gasteiger partial charge in [0.2, 0.25) is 0 Å². The van der Waals surface area contributed by atoms with Gasteiger partial charge in [0.25, 0.3) is 0 Å². The molecule has 1 aromatic heterocycles. The van der Waals surface area contributed by atoms with Crippen LogP contribution in [0, 0.1) is 6.92 Å². The standard InChI is InChI=1S/C5H6AsP/c1-4-2-3-7-5(4)6/h2-3,7H,1H3. The van der Waals surface area contributed by atoms with Gasteiger partial charge in [-0.05, 0) is 0 Å². The van der Waals surface area contributed by atoms with E-state index in [-0.39, 0.29) is 0 Å². The molecule has 2 radical (unpaired) electrons. The van der Waals surface area contributed by atoms with Crippen molar-refractivity contribution in [2.24, 2.45) is 0 Å². The predicted molar refractivity (Wildman–Crippen MR) is 36.1 cm³/mol. The Labute approximate surface area is 53.9 Å². The molecule has 0 bridgehead atoms. The van der Waals surface area contributed by atoms with Gasteiger partial charge in [0, 0.05) is 0 Å². The quantitative estimate of drug-likeness (QED) is 0.508. The summed E-state index contributed by atoms with van der Waals surface area (Å²) in [5.74, 6) is 2.21. The van der Waals surface area contributed by atoms with Gasteiger partial charge in [0.15, 0.2) is 0 Å². The van der Waals surface area contributed by atoms with Crippen molar-refractivity contribution in [1.29, 1.82) is 0 Å². The third-order valence-electron chi connectivity index (χ3n) is 0.927. The molecule has 0 aliphatic rings. The summed E-state index contributed by atoms with van der Waals surface area (Å²) in [6, 6.07) is 2.17. The van der Waals surface area contributed by atoms with Crippen LogP contribution in [0.3, 0.4) is 0 Å². The minimum atomic E-state index is 0.934. The molecule has 2 heteroatoms. The van der Waals surface area contributed by atoms with Gasteiger partial charge >= 0.3 is 53.5 Å². The zero-order valence-corrected chi connectivity index (χ0v) is 6.98. The molecule has 1 heterocycles. The molecule has 0 saturated heterocycles. The first kappa shape index (κ1) is 5.47. The summed E-state index contributed by atoms with van der Waals surface area (Å²) in [6.07, 6.45) is 0. The maximum absolute atomic E-state index is 2.60. The molecule has 7 heavy (non-hydrogen) atoms. The Morgan fingerprint density at radius 1 is 1.71 bits per heavy atom. The Hall–Kier alpha value is 0.338. The van der Waals surface area contributed by atoms with Crippen molar-refractivity contribution in [2.75, 3.05) is 0 Å². The Balaban J connectivity index is 3.12. The van der Waals surface area contributed by atoms with E-state index in [9.17, 15) is 0 Å². The minimum absolute atomic E-state index is 0.934. The second-order valence-corrected chi connectivity index (χ2v) is 4.48. The first-order chi connectivity index (χ1) is 3.30. The number of aryl methyl sites for hydroxylation is 1. The molecular formula is C5H6AsP. The van der Waals surface area contributed by atoms with Crippen LogP contribution in [0.2, 0.25) is 0 Å². The van der Waals surface area contributed by atoms with Crippen LogP contribution >= 0.6 is 8.19 Å². The topological polar surface area (TPSA) is 0 Å². The van der Waals surface area contributed by atoms with Crippen molar-refractivity contribution >= 4 is 29.1 Å². The summed E-state index contributed by atoms with van der Waals surface area (Å²) in [6.45, 7) is 2.14. The van der Waals surface area contributed by atoms with Crippen LogP contribution in [0.1, 0.15) is 5.56 Å². The summed E-state index contributed by atoms with van der Waals surface area (Å²) in [5, 5.41) is 0. The van der Waals surface area contributed by atoms with E-state index in [2.05, 4.69) is 35.6 Å². The van der Waals surface area contributed by atoms with Crippen LogP contribution in [0.5, 0.6) is 0 Å². The summed E-state index contributed by atoms with van der Waals surface area (Å²) >= 11 is 2.60. The van der Waals surface area contributed by atoms with Gasteiger partial charge < -0.3 is 0 Å². The van der Waals surface area contributed by atoms with Gasteiger partial charge in [-0.3, -0.25) is 0 Å². The second-order valence-electron chi connectivity index (χ2n) is 1.51. The SMILES string of the molecule is Cc1cc[pH]c1[As]. The van der Waals surface area contributed by atoms with Gasteiger partial charge in [-0.2, -0.15) is 0 Å². The van der Waals surface area contributed by atoms with E-state index in [4.69, 9.17) is 0 Å². The van der Waals surface area contributed by atoms with Crippen molar-refractivity contribution in [2.45, 2.75) is 6.92 Å². The van der Waals surface area contributed by atoms with Crippen LogP contribution in [0.4, 0.5) is 0 Å². The fraction of sp³-hybridized carbons (Fsp3) is 0.200. The molecule has 0 saturated carbocycles. The Kier molecular flexibility index (Phi) is 1.62. The molecule has 0 fully saturated rings. The molecule has 36 valence electrons. The molecule has 0 aliphatic carbocycles.